The number of aryl methyl sites for hydroxylation is 1. The summed E-state index contributed by atoms with van der Waals surface area (Å²) in [6.45, 7) is 2.00. The molecular formula is C22H18BrN3O2. The number of anilines is 1. The molecule has 0 saturated carbocycles. The Morgan fingerprint density at radius 1 is 0.929 bits per heavy atom. The molecule has 0 radical (unpaired) electrons. The van der Waals surface area contributed by atoms with E-state index in [-0.39, 0.29) is 5.91 Å². The molecule has 2 amide bonds. The highest BCUT2D eigenvalue weighted by molar-refractivity contribution is 9.10. The van der Waals surface area contributed by atoms with E-state index < -0.39 is 5.91 Å². The number of carbonyl (C=O) groups excluding carboxylic acids is 2. The van der Waals surface area contributed by atoms with Crippen LogP contribution in [0.25, 0.3) is 0 Å². The first-order valence-electron chi connectivity index (χ1n) is 8.59. The van der Waals surface area contributed by atoms with E-state index >= 15 is 0 Å². The van der Waals surface area contributed by atoms with E-state index in [1.54, 1.807) is 48.7 Å². The van der Waals surface area contributed by atoms with Crippen molar-refractivity contribution in [1.29, 1.82) is 0 Å². The third-order valence-corrected chi connectivity index (χ3v) is 4.46. The Kier molecular flexibility index (Phi) is 6.34. The number of amides is 2. The number of halogens is 1. The van der Waals surface area contributed by atoms with Crippen LogP contribution in [-0.2, 0) is 0 Å². The smallest absolute Gasteiger partial charge is 0.273 e. The van der Waals surface area contributed by atoms with E-state index in [4.69, 9.17) is 0 Å². The van der Waals surface area contributed by atoms with Gasteiger partial charge < -0.3 is 5.32 Å². The number of hydrogen-bond donors (Lipinski definition) is 2. The normalized spacial score (nSPS) is 10.6. The van der Waals surface area contributed by atoms with Gasteiger partial charge in [0.15, 0.2) is 0 Å². The number of benzene rings is 3. The van der Waals surface area contributed by atoms with Crippen molar-refractivity contribution < 1.29 is 9.59 Å². The molecule has 0 aromatic heterocycles. The molecule has 0 spiro atoms. The fraction of sp³-hybridized carbons (Fsp3) is 0.0455. The van der Waals surface area contributed by atoms with Crippen LogP contribution < -0.4 is 10.7 Å². The molecule has 2 N–H and O–H groups in total. The second-order valence-electron chi connectivity index (χ2n) is 6.12. The van der Waals surface area contributed by atoms with Crippen molar-refractivity contribution >= 4 is 39.6 Å². The summed E-state index contributed by atoms with van der Waals surface area (Å²) in [6.07, 6.45) is 1.57. The largest absolute Gasteiger partial charge is 0.321 e. The average Bonchev–Trinajstić information content (AvgIpc) is 2.70. The molecule has 0 heterocycles. The number of nitrogens with zero attached hydrogens (tertiary/aromatic N) is 1. The van der Waals surface area contributed by atoms with Crippen LogP contribution in [0.1, 0.15) is 31.8 Å². The molecule has 28 heavy (non-hydrogen) atoms. The summed E-state index contributed by atoms with van der Waals surface area (Å²) >= 11 is 3.35. The molecule has 140 valence electrons. The van der Waals surface area contributed by atoms with Crippen molar-refractivity contribution in [1.82, 2.24) is 5.43 Å². The van der Waals surface area contributed by atoms with E-state index in [1.165, 1.54) is 0 Å². The highest BCUT2D eigenvalue weighted by Crippen LogP contribution is 2.18. The van der Waals surface area contributed by atoms with Gasteiger partial charge in [-0.2, -0.15) is 5.10 Å². The molecule has 0 aliphatic carbocycles. The fourth-order valence-electron chi connectivity index (χ4n) is 2.49. The molecular weight excluding hydrogens is 418 g/mol. The lowest BCUT2D eigenvalue weighted by molar-refractivity contribution is 0.0956. The van der Waals surface area contributed by atoms with E-state index in [1.807, 2.05) is 37.3 Å². The van der Waals surface area contributed by atoms with Crippen LogP contribution >= 0.6 is 15.9 Å². The Morgan fingerprint density at radius 2 is 1.68 bits per heavy atom. The summed E-state index contributed by atoms with van der Waals surface area (Å²) < 4.78 is 0.802. The maximum absolute atomic E-state index is 12.5. The molecule has 0 aliphatic heterocycles. The number of hydrazone groups is 1. The van der Waals surface area contributed by atoms with Crippen molar-refractivity contribution in [3.63, 3.8) is 0 Å². The molecule has 0 fully saturated rings. The second kappa shape index (κ2) is 9.10. The average molecular weight is 436 g/mol. The lowest BCUT2D eigenvalue weighted by atomic mass is 10.1. The quantitative estimate of drug-likeness (QED) is 0.447. The third kappa shape index (κ3) is 5.14. The Hall–Kier alpha value is -3.25. The summed E-state index contributed by atoms with van der Waals surface area (Å²) in [4.78, 5) is 25.0. The molecule has 0 unspecified atom stereocenters. The van der Waals surface area contributed by atoms with Gasteiger partial charge in [-0.3, -0.25) is 9.59 Å². The fourth-order valence-corrected chi connectivity index (χ4v) is 2.89. The van der Waals surface area contributed by atoms with Crippen LogP contribution in [0.5, 0.6) is 0 Å². The lowest BCUT2D eigenvalue weighted by Crippen LogP contribution is -2.21. The highest BCUT2D eigenvalue weighted by atomic mass is 79.9. The Labute approximate surface area is 171 Å². The van der Waals surface area contributed by atoms with Gasteiger partial charge in [0.2, 0.25) is 0 Å². The van der Waals surface area contributed by atoms with Gasteiger partial charge in [0.05, 0.1) is 17.5 Å². The van der Waals surface area contributed by atoms with Crippen LogP contribution in [0.15, 0.2) is 82.4 Å². The second-order valence-corrected chi connectivity index (χ2v) is 7.04. The van der Waals surface area contributed by atoms with Gasteiger partial charge in [0, 0.05) is 10.0 Å². The van der Waals surface area contributed by atoms with E-state index in [0.29, 0.717) is 16.8 Å². The van der Waals surface area contributed by atoms with E-state index in [0.717, 1.165) is 15.6 Å². The summed E-state index contributed by atoms with van der Waals surface area (Å²) in [6, 6.07) is 21.6. The topological polar surface area (TPSA) is 70.6 Å². The van der Waals surface area contributed by atoms with Crippen molar-refractivity contribution in [2.75, 3.05) is 5.32 Å². The summed E-state index contributed by atoms with van der Waals surface area (Å²) in [5.41, 5.74) is 5.75. The molecule has 5 nitrogen and oxygen atoms in total. The molecule has 3 aromatic carbocycles. The van der Waals surface area contributed by atoms with Crippen LogP contribution in [0.3, 0.4) is 0 Å². The molecule has 0 saturated heterocycles. The van der Waals surface area contributed by atoms with Crippen molar-refractivity contribution in [3.8, 4) is 0 Å². The van der Waals surface area contributed by atoms with Crippen LogP contribution in [-0.4, -0.2) is 18.0 Å². The highest BCUT2D eigenvalue weighted by Gasteiger charge is 2.13. The maximum atomic E-state index is 12.5. The molecule has 0 bridgehead atoms. The summed E-state index contributed by atoms with van der Waals surface area (Å²) in [5, 5.41) is 6.77. The molecule has 6 heteroatoms. The first-order valence-corrected chi connectivity index (χ1v) is 9.38. The predicted molar refractivity (Wildman–Crippen MR) is 115 cm³/mol. The van der Waals surface area contributed by atoms with Crippen molar-refractivity contribution in [2.45, 2.75) is 6.92 Å². The van der Waals surface area contributed by atoms with Gasteiger partial charge in [0.1, 0.15) is 0 Å². The predicted octanol–water partition coefficient (Wildman–Crippen LogP) is 4.77. The monoisotopic (exact) mass is 435 g/mol. The number of nitrogens with one attached hydrogen (secondary N) is 2. The summed E-state index contributed by atoms with van der Waals surface area (Å²) in [5.74, 6) is -0.710. The lowest BCUT2D eigenvalue weighted by Gasteiger charge is -2.10. The first-order chi connectivity index (χ1) is 13.5. The maximum Gasteiger partial charge on any atom is 0.273 e. The Balaban J connectivity index is 1.71. The zero-order chi connectivity index (χ0) is 19.9. The Morgan fingerprint density at radius 3 is 2.43 bits per heavy atom. The van der Waals surface area contributed by atoms with Crippen molar-refractivity contribution in [2.24, 2.45) is 5.10 Å². The first kappa shape index (κ1) is 19.5. The van der Waals surface area contributed by atoms with Crippen LogP contribution in [0.4, 0.5) is 5.69 Å². The van der Waals surface area contributed by atoms with Gasteiger partial charge in [-0.1, -0.05) is 64.0 Å². The number of para-hydroxylation sites is 1. The number of hydrogen-bond acceptors (Lipinski definition) is 3. The zero-order valence-electron chi connectivity index (χ0n) is 15.1. The van der Waals surface area contributed by atoms with E-state index in [9.17, 15) is 9.59 Å². The number of rotatable bonds is 5. The van der Waals surface area contributed by atoms with Gasteiger partial charge >= 0.3 is 0 Å². The van der Waals surface area contributed by atoms with Gasteiger partial charge in [-0.15, -0.1) is 0 Å². The third-order valence-electron chi connectivity index (χ3n) is 3.96. The number of carbonyl (C=O) groups is 2. The summed E-state index contributed by atoms with van der Waals surface area (Å²) in [7, 11) is 0. The van der Waals surface area contributed by atoms with Crippen LogP contribution in [0, 0.1) is 6.92 Å². The molecule has 3 rings (SSSR count). The van der Waals surface area contributed by atoms with Crippen molar-refractivity contribution in [3.05, 3.63) is 99.5 Å². The minimum atomic E-state index is -0.409. The SMILES string of the molecule is Cc1ccc(/C=N/NC(=O)c2ccccc2NC(=O)c2cccc(Br)c2)cc1. The van der Waals surface area contributed by atoms with E-state index in [2.05, 4.69) is 31.8 Å². The zero-order valence-corrected chi connectivity index (χ0v) is 16.7. The van der Waals surface area contributed by atoms with Crippen LogP contribution in [0.2, 0.25) is 0 Å². The minimum Gasteiger partial charge on any atom is -0.321 e. The van der Waals surface area contributed by atoms with Gasteiger partial charge in [-0.05, 0) is 42.8 Å². The minimum absolute atomic E-state index is 0.301. The standard InChI is InChI=1S/C22H18BrN3O2/c1-15-9-11-16(12-10-15)14-24-26-22(28)19-7-2-3-8-20(19)25-21(27)17-5-4-6-18(23)13-17/h2-14H,1H3,(H,25,27)(H,26,28)/b24-14+. The molecule has 0 atom stereocenters. The Bertz CT molecular complexity index is 1030. The van der Waals surface area contributed by atoms with Gasteiger partial charge in [-0.25, -0.2) is 5.43 Å². The molecule has 0 aliphatic rings. The van der Waals surface area contributed by atoms with Gasteiger partial charge in [0.25, 0.3) is 11.8 Å². The molecule has 3 aromatic rings.